The highest BCUT2D eigenvalue weighted by Crippen LogP contribution is 2.31. The second kappa shape index (κ2) is 7.99. The molecule has 1 atom stereocenters. The molecule has 0 radical (unpaired) electrons. The van der Waals surface area contributed by atoms with Crippen LogP contribution in [0.5, 0.6) is 0 Å². The molecule has 4 heterocycles. The van der Waals surface area contributed by atoms with Crippen molar-refractivity contribution in [3.8, 4) is 22.8 Å². The molecule has 31 heavy (non-hydrogen) atoms. The van der Waals surface area contributed by atoms with Crippen LogP contribution >= 0.6 is 11.6 Å². The van der Waals surface area contributed by atoms with Crippen molar-refractivity contribution in [1.29, 1.82) is 0 Å². The Hall–Kier alpha value is -3.46. The lowest BCUT2D eigenvalue weighted by molar-refractivity contribution is -0.137. The first-order chi connectivity index (χ1) is 14.7. The van der Waals surface area contributed by atoms with E-state index in [1.165, 1.54) is 6.20 Å². The average Bonchev–Trinajstić information content (AvgIpc) is 3.36. The first-order valence-electron chi connectivity index (χ1n) is 9.62. The summed E-state index contributed by atoms with van der Waals surface area (Å²) in [4.78, 5) is 32.3. The molecular formula is C21H21ClN6O3. The van der Waals surface area contributed by atoms with Crippen LogP contribution in [0.25, 0.3) is 34.0 Å². The number of H-pyrrole nitrogens is 1. The number of furan rings is 1. The van der Waals surface area contributed by atoms with E-state index in [4.69, 9.17) is 16.0 Å². The summed E-state index contributed by atoms with van der Waals surface area (Å²) in [6.07, 6.45) is 4.66. The third kappa shape index (κ3) is 4.51. The van der Waals surface area contributed by atoms with Gasteiger partial charge in [-0.05, 0) is 17.5 Å². The molecule has 9 nitrogen and oxygen atoms in total. The molecule has 0 aromatic carbocycles. The van der Waals surface area contributed by atoms with E-state index in [1.807, 2.05) is 20.8 Å². The van der Waals surface area contributed by atoms with Crippen LogP contribution in [0.4, 0.5) is 5.82 Å². The summed E-state index contributed by atoms with van der Waals surface area (Å²) in [6.45, 7) is 5.92. The molecule has 4 aromatic heterocycles. The molecule has 4 rings (SSSR count). The highest BCUT2D eigenvalue weighted by Gasteiger charge is 2.28. The number of aliphatic carboxylic acids is 1. The molecule has 160 valence electrons. The fourth-order valence-electron chi connectivity index (χ4n) is 3.16. The minimum absolute atomic E-state index is 0.0624. The van der Waals surface area contributed by atoms with Crippen LogP contribution in [0.3, 0.4) is 0 Å². The molecule has 1 unspecified atom stereocenters. The van der Waals surface area contributed by atoms with E-state index in [0.717, 1.165) is 0 Å². The van der Waals surface area contributed by atoms with Gasteiger partial charge in [0.2, 0.25) is 0 Å². The normalized spacial score (nSPS) is 12.8. The van der Waals surface area contributed by atoms with E-state index in [0.29, 0.717) is 39.8 Å². The van der Waals surface area contributed by atoms with Crippen LogP contribution in [-0.4, -0.2) is 42.0 Å². The number of carboxylic acid groups (broad SMARTS) is 1. The predicted octanol–water partition coefficient (Wildman–Crippen LogP) is 4.63. The van der Waals surface area contributed by atoms with Crippen molar-refractivity contribution in [2.75, 3.05) is 5.32 Å². The van der Waals surface area contributed by atoms with Gasteiger partial charge in [-0.25, -0.2) is 19.9 Å². The van der Waals surface area contributed by atoms with Gasteiger partial charge in [-0.3, -0.25) is 4.79 Å². The van der Waals surface area contributed by atoms with Crippen LogP contribution in [0.15, 0.2) is 41.3 Å². The van der Waals surface area contributed by atoms with Crippen molar-refractivity contribution in [3.63, 3.8) is 0 Å². The highest BCUT2D eigenvalue weighted by atomic mass is 35.5. The van der Waals surface area contributed by atoms with Crippen molar-refractivity contribution in [1.82, 2.24) is 24.9 Å². The summed E-state index contributed by atoms with van der Waals surface area (Å²) in [6, 6.07) is 4.93. The molecule has 0 aliphatic heterocycles. The summed E-state index contributed by atoms with van der Waals surface area (Å²) < 4.78 is 5.52. The maximum Gasteiger partial charge on any atom is 0.305 e. The Labute approximate surface area is 182 Å². The maximum absolute atomic E-state index is 11.4. The monoisotopic (exact) mass is 440 g/mol. The number of nitrogens with zero attached hydrogens (tertiary/aromatic N) is 4. The Morgan fingerprint density at radius 2 is 2.13 bits per heavy atom. The van der Waals surface area contributed by atoms with Crippen molar-refractivity contribution < 1.29 is 14.3 Å². The van der Waals surface area contributed by atoms with Crippen molar-refractivity contribution in [2.45, 2.75) is 33.2 Å². The summed E-state index contributed by atoms with van der Waals surface area (Å²) in [7, 11) is 0. The lowest BCUT2D eigenvalue weighted by Crippen LogP contribution is -2.36. The van der Waals surface area contributed by atoms with E-state index >= 15 is 0 Å². The van der Waals surface area contributed by atoms with Gasteiger partial charge in [-0.15, -0.1) is 0 Å². The van der Waals surface area contributed by atoms with E-state index in [9.17, 15) is 9.90 Å². The first-order valence-corrected chi connectivity index (χ1v) is 10.00. The van der Waals surface area contributed by atoms with Crippen LogP contribution in [0, 0.1) is 5.41 Å². The molecule has 0 saturated carbocycles. The molecule has 0 fully saturated rings. The SMILES string of the molecule is CC(C)(C)C(CC(=O)O)Nc1cc(-c2ccco2)nc(-c2c[nH]c3ncc(Cl)nc23)n1. The number of anilines is 1. The standard InChI is InChI=1S/C21H21ClN6O3/c1-21(2,3)14(8-17(29)30)26-16-7-12(13-5-4-6-31-13)25-19(28-16)11-9-23-20-18(11)27-15(22)10-24-20/h4-7,9-10,14H,8H2,1-3H3,(H,23,24)(H,29,30)(H,25,26,28). The van der Waals surface area contributed by atoms with Crippen molar-refractivity contribution in [3.05, 3.63) is 42.0 Å². The minimum Gasteiger partial charge on any atom is -0.481 e. The molecule has 3 N–H and O–H groups in total. The van der Waals surface area contributed by atoms with Crippen molar-refractivity contribution >= 4 is 34.6 Å². The van der Waals surface area contributed by atoms with Gasteiger partial charge in [0.25, 0.3) is 0 Å². The summed E-state index contributed by atoms with van der Waals surface area (Å²) >= 11 is 6.03. The zero-order chi connectivity index (χ0) is 22.2. The number of aromatic nitrogens is 5. The second-order valence-electron chi connectivity index (χ2n) is 8.19. The van der Waals surface area contributed by atoms with Gasteiger partial charge in [0.05, 0.1) is 24.4 Å². The maximum atomic E-state index is 11.4. The Kier molecular flexibility index (Phi) is 5.36. The molecular weight excluding hydrogens is 420 g/mol. The zero-order valence-electron chi connectivity index (χ0n) is 17.2. The number of nitrogens with one attached hydrogen (secondary N) is 2. The highest BCUT2D eigenvalue weighted by molar-refractivity contribution is 6.29. The fraction of sp³-hybridized carbons (Fsp3) is 0.286. The number of aromatic amines is 1. The number of hydrogen-bond acceptors (Lipinski definition) is 7. The molecule has 0 saturated heterocycles. The van der Waals surface area contributed by atoms with Gasteiger partial charge in [-0.2, -0.15) is 0 Å². The first kappa shape index (κ1) is 20.8. The van der Waals surface area contributed by atoms with Crippen LogP contribution in [0.2, 0.25) is 5.15 Å². The van der Waals surface area contributed by atoms with E-state index in [1.54, 1.807) is 30.7 Å². The largest absolute Gasteiger partial charge is 0.481 e. The van der Waals surface area contributed by atoms with Gasteiger partial charge >= 0.3 is 5.97 Å². The van der Waals surface area contributed by atoms with Gasteiger partial charge in [0.1, 0.15) is 22.2 Å². The Bertz CT molecular complexity index is 1230. The fourth-order valence-corrected chi connectivity index (χ4v) is 3.29. The molecule has 10 heteroatoms. The Balaban J connectivity index is 1.83. The van der Waals surface area contributed by atoms with Gasteiger partial charge < -0.3 is 19.8 Å². The van der Waals surface area contributed by atoms with Gasteiger partial charge in [0, 0.05) is 18.3 Å². The molecule has 0 bridgehead atoms. The molecule has 0 aliphatic rings. The number of rotatable bonds is 6. The van der Waals surface area contributed by atoms with Crippen LogP contribution < -0.4 is 5.32 Å². The van der Waals surface area contributed by atoms with Crippen molar-refractivity contribution in [2.24, 2.45) is 5.41 Å². The molecule has 0 aliphatic carbocycles. The minimum atomic E-state index is -0.894. The number of fused-ring (bicyclic) bond motifs is 1. The lowest BCUT2D eigenvalue weighted by Gasteiger charge is -2.31. The topological polar surface area (TPSA) is 130 Å². The van der Waals surface area contributed by atoms with E-state index < -0.39 is 5.97 Å². The quantitative estimate of drug-likeness (QED) is 0.395. The number of halogens is 1. The summed E-state index contributed by atoms with van der Waals surface area (Å²) in [5, 5.41) is 12.9. The lowest BCUT2D eigenvalue weighted by atomic mass is 9.85. The third-order valence-corrected chi connectivity index (χ3v) is 5.02. The van der Waals surface area contributed by atoms with Crippen LogP contribution in [-0.2, 0) is 4.79 Å². The zero-order valence-corrected chi connectivity index (χ0v) is 17.9. The predicted molar refractivity (Wildman–Crippen MR) is 117 cm³/mol. The van der Waals surface area contributed by atoms with Crippen LogP contribution in [0.1, 0.15) is 27.2 Å². The Morgan fingerprint density at radius 3 is 2.81 bits per heavy atom. The number of hydrogen-bond donors (Lipinski definition) is 3. The van der Waals surface area contributed by atoms with Gasteiger partial charge in [0.15, 0.2) is 17.2 Å². The molecule has 0 spiro atoms. The third-order valence-electron chi connectivity index (χ3n) is 4.84. The number of carbonyl (C=O) groups is 1. The van der Waals surface area contributed by atoms with Gasteiger partial charge in [-0.1, -0.05) is 32.4 Å². The van der Waals surface area contributed by atoms with E-state index in [-0.39, 0.29) is 23.0 Å². The average molecular weight is 441 g/mol. The second-order valence-corrected chi connectivity index (χ2v) is 8.58. The molecule has 0 amide bonds. The number of carboxylic acids is 1. The summed E-state index contributed by atoms with van der Waals surface area (Å²) in [5.41, 5.74) is 1.93. The van der Waals surface area contributed by atoms with E-state index in [2.05, 4.69) is 30.2 Å². The molecule has 4 aromatic rings. The summed E-state index contributed by atoms with van der Waals surface area (Å²) in [5.74, 6) is 0.514. The Morgan fingerprint density at radius 1 is 1.32 bits per heavy atom. The smallest absolute Gasteiger partial charge is 0.305 e.